The van der Waals surface area contributed by atoms with Crippen LogP contribution < -0.4 is 16.0 Å². The Labute approximate surface area is 175 Å². The fourth-order valence-corrected chi connectivity index (χ4v) is 3.75. The molecule has 1 saturated carbocycles. The SMILES string of the molecule is CCNC(=NCc1ccc(CN2CCCCC2C)cc1)NCCNC(=O)C1CC1. The summed E-state index contributed by atoms with van der Waals surface area (Å²) in [5.41, 5.74) is 2.59. The second-order valence-electron chi connectivity index (χ2n) is 8.32. The van der Waals surface area contributed by atoms with Gasteiger partial charge in [-0.3, -0.25) is 9.69 Å². The summed E-state index contributed by atoms with van der Waals surface area (Å²) in [6.07, 6.45) is 6.08. The zero-order valence-electron chi connectivity index (χ0n) is 18.0. The number of amides is 1. The van der Waals surface area contributed by atoms with E-state index in [1.165, 1.54) is 36.9 Å². The average molecular weight is 400 g/mol. The third-order valence-electron chi connectivity index (χ3n) is 5.78. The average Bonchev–Trinajstić information content (AvgIpc) is 3.57. The lowest BCUT2D eigenvalue weighted by atomic mass is 10.0. The number of rotatable bonds is 9. The maximum absolute atomic E-state index is 11.7. The lowest BCUT2D eigenvalue weighted by molar-refractivity contribution is -0.122. The molecular formula is C23H37N5O. The molecular weight excluding hydrogens is 362 g/mol. The van der Waals surface area contributed by atoms with Gasteiger partial charge in [-0.1, -0.05) is 30.7 Å². The molecule has 0 aromatic heterocycles. The van der Waals surface area contributed by atoms with Crippen molar-refractivity contribution in [3.63, 3.8) is 0 Å². The topological polar surface area (TPSA) is 68.8 Å². The molecule has 1 aromatic carbocycles. The molecule has 1 aliphatic carbocycles. The van der Waals surface area contributed by atoms with Gasteiger partial charge in [-0.2, -0.15) is 0 Å². The van der Waals surface area contributed by atoms with E-state index in [9.17, 15) is 4.79 Å². The Morgan fingerprint density at radius 1 is 1.03 bits per heavy atom. The Bertz CT molecular complexity index is 668. The normalized spacial score (nSPS) is 20.3. The predicted molar refractivity (Wildman–Crippen MR) is 119 cm³/mol. The fraction of sp³-hybridized carbons (Fsp3) is 0.652. The van der Waals surface area contributed by atoms with Crippen molar-refractivity contribution in [3.8, 4) is 0 Å². The van der Waals surface area contributed by atoms with E-state index in [1.54, 1.807) is 0 Å². The highest BCUT2D eigenvalue weighted by atomic mass is 16.2. The van der Waals surface area contributed by atoms with Gasteiger partial charge in [0.25, 0.3) is 0 Å². The van der Waals surface area contributed by atoms with Crippen LogP contribution in [0.3, 0.4) is 0 Å². The zero-order valence-corrected chi connectivity index (χ0v) is 18.0. The Morgan fingerprint density at radius 3 is 2.45 bits per heavy atom. The maximum atomic E-state index is 11.7. The molecule has 0 radical (unpaired) electrons. The summed E-state index contributed by atoms with van der Waals surface area (Å²) in [5.74, 6) is 1.24. The summed E-state index contributed by atoms with van der Waals surface area (Å²) in [4.78, 5) is 18.9. The van der Waals surface area contributed by atoms with Crippen LogP contribution in [0.4, 0.5) is 0 Å². The number of piperidine rings is 1. The Kier molecular flexibility index (Phi) is 8.35. The number of hydrogen-bond acceptors (Lipinski definition) is 3. The first kappa shape index (κ1) is 21.6. The van der Waals surface area contributed by atoms with E-state index in [-0.39, 0.29) is 11.8 Å². The van der Waals surface area contributed by atoms with Crippen molar-refractivity contribution < 1.29 is 4.79 Å². The molecule has 3 N–H and O–H groups in total. The van der Waals surface area contributed by atoms with Crippen LogP contribution >= 0.6 is 0 Å². The number of nitrogens with zero attached hydrogens (tertiary/aromatic N) is 2. The van der Waals surface area contributed by atoms with Gasteiger partial charge in [0.15, 0.2) is 5.96 Å². The molecule has 2 fully saturated rings. The molecule has 1 amide bonds. The summed E-state index contributed by atoms with van der Waals surface area (Å²) in [6.45, 7) is 9.42. The van der Waals surface area contributed by atoms with Crippen LogP contribution in [0.1, 0.15) is 57.1 Å². The van der Waals surface area contributed by atoms with Crippen LogP contribution in [0.25, 0.3) is 0 Å². The van der Waals surface area contributed by atoms with E-state index in [0.717, 1.165) is 31.9 Å². The predicted octanol–water partition coefficient (Wildman–Crippen LogP) is 2.64. The van der Waals surface area contributed by atoms with Crippen molar-refractivity contribution in [3.05, 3.63) is 35.4 Å². The minimum absolute atomic E-state index is 0.188. The van der Waals surface area contributed by atoms with E-state index in [0.29, 0.717) is 25.7 Å². The summed E-state index contributed by atoms with van der Waals surface area (Å²) in [5, 5.41) is 9.53. The molecule has 1 atom stereocenters. The minimum Gasteiger partial charge on any atom is -0.357 e. The number of aliphatic imine (C=N–C) groups is 1. The van der Waals surface area contributed by atoms with Gasteiger partial charge >= 0.3 is 0 Å². The van der Waals surface area contributed by atoms with Gasteiger partial charge < -0.3 is 16.0 Å². The van der Waals surface area contributed by atoms with Crippen LogP contribution in [0.5, 0.6) is 0 Å². The second-order valence-corrected chi connectivity index (χ2v) is 8.32. The molecule has 1 aliphatic heterocycles. The second kappa shape index (κ2) is 11.2. The lowest BCUT2D eigenvalue weighted by Crippen LogP contribution is -2.41. The number of hydrogen-bond donors (Lipinski definition) is 3. The van der Waals surface area contributed by atoms with Gasteiger partial charge in [0.2, 0.25) is 5.91 Å². The molecule has 0 spiro atoms. The Morgan fingerprint density at radius 2 is 1.76 bits per heavy atom. The van der Waals surface area contributed by atoms with E-state index in [1.807, 2.05) is 0 Å². The third-order valence-corrected chi connectivity index (χ3v) is 5.78. The first-order valence-electron chi connectivity index (χ1n) is 11.3. The molecule has 0 bridgehead atoms. The van der Waals surface area contributed by atoms with Gasteiger partial charge in [-0.25, -0.2) is 4.99 Å². The monoisotopic (exact) mass is 399 g/mol. The number of carbonyl (C=O) groups is 1. The van der Waals surface area contributed by atoms with Gasteiger partial charge in [-0.05, 0) is 57.2 Å². The Balaban J connectivity index is 1.43. The number of benzene rings is 1. The van der Waals surface area contributed by atoms with E-state index < -0.39 is 0 Å². The van der Waals surface area contributed by atoms with Crippen molar-refractivity contribution in [2.24, 2.45) is 10.9 Å². The molecule has 1 saturated heterocycles. The smallest absolute Gasteiger partial charge is 0.223 e. The molecule has 29 heavy (non-hydrogen) atoms. The van der Waals surface area contributed by atoms with Crippen LogP contribution in [-0.4, -0.2) is 49.0 Å². The van der Waals surface area contributed by atoms with Crippen molar-refractivity contribution in [2.75, 3.05) is 26.2 Å². The molecule has 1 heterocycles. The van der Waals surface area contributed by atoms with Gasteiger partial charge in [0.1, 0.15) is 0 Å². The number of guanidine groups is 1. The highest BCUT2D eigenvalue weighted by Crippen LogP contribution is 2.28. The van der Waals surface area contributed by atoms with Gasteiger partial charge in [0, 0.05) is 38.1 Å². The molecule has 3 rings (SSSR count). The first-order chi connectivity index (χ1) is 14.2. The zero-order chi connectivity index (χ0) is 20.5. The van der Waals surface area contributed by atoms with Crippen molar-refractivity contribution in [2.45, 2.75) is 65.1 Å². The van der Waals surface area contributed by atoms with Crippen molar-refractivity contribution >= 4 is 11.9 Å². The summed E-state index contributed by atoms with van der Waals surface area (Å²) in [7, 11) is 0. The standard InChI is InChI=1S/C23H37N5O/c1-3-24-23(26-14-13-25-22(29)21-11-12-21)27-16-19-7-9-20(10-8-19)17-28-15-5-4-6-18(28)2/h7-10,18,21H,3-6,11-17H2,1-2H3,(H,25,29)(H2,24,26,27). The van der Waals surface area contributed by atoms with Crippen LogP contribution in [0, 0.1) is 5.92 Å². The van der Waals surface area contributed by atoms with Gasteiger partial charge in [-0.15, -0.1) is 0 Å². The highest BCUT2D eigenvalue weighted by molar-refractivity contribution is 5.81. The molecule has 6 heteroatoms. The Hall–Kier alpha value is -2.08. The quantitative estimate of drug-likeness (QED) is 0.339. The molecule has 1 aromatic rings. The molecule has 6 nitrogen and oxygen atoms in total. The largest absolute Gasteiger partial charge is 0.357 e. The molecule has 160 valence electrons. The van der Waals surface area contributed by atoms with Crippen LogP contribution in [0.15, 0.2) is 29.3 Å². The minimum atomic E-state index is 0.188. The summed E-state index contributed by atoms with van der Waals surface area (Å²) < 4.78 is 0. The van der Waals surface area contributed by atoms with Crippen LogP contribution in [-0.2, 0) is 17.9 Å². The summed E-state index contributed by atoms with van der Waals surface area (Å²) in [6, 6.07) is 9.54. The summed E-state index contributed by atoms with van der Waals surface area (Å²) >= 11 is 0. The van der Waals surface area contributed by atoms with Gasteiger partial charge in [0.05, 0.1) is 6.54 Å². The third kappa shape index (κ3) is 7.35. The lowest BCUT2D eigenvalue weighted by Gasteiger charge is -2.33. The van der Waals surface area contributed by atoms with Crippen LogP contribution in [0.2, 0.25) is 0 Å². The van der Waals surface area contributed by atoms with Crippen molar-refractivity contribution in [1.29, 1.82) is 0 Å². The maximum Gasteiger partial charge on any atom is 0.223 e. The van der Waals surface area contributed by atoms with E-state index in [2.05, 4.69) is 64.0 Å². The van der Waals surface area contributed by atoms with E-state index in [4.69, 9.17) is 0 Å². The number of nitrogens with one attached hydrogen (secondary N) is 3. The van der Waals surface area contributed by atoms with Crippen molar-refractivity contribution in [1.82, 2.24) is 20.9 Å². The first-order valence-corrected chi connectivity index (χ1v) is 11.3. The number of carbonyl (C=O) groups excluding carboxylic acids is 1. The molecule has 2 aliphatic rings. The van der Waals surface area contributed by atoms with E-state index >= 15 is 0 Å². The fourth-order valence-electron chi connectivity index (χ4n) is 3.75. The highest BCUT2D eigenvalue weighted by Gasteiger charge is 2.28. The molecule has 1 unspecified atom stereocenters. The number of likely N-dealkylation sites (tertiary alicyclic amines) is 1.